The first-order chi connectivity index (χ1) is 8.32. The monoisotopic (exact) mass is 249 g/mol. The third kappa shape index (κ3) is 4.04. The van der Waals surface area contributed by atoms with E-state index in [4.69, 9.17) is 5.73 Å². The van der Waals surface area contributed by atoms with Crippen LogP contribution in [0.4, 0.5) is 5.69 Å². The summed E-state index contributed by atoms with van der Waals surface area (Å²) in [6.45, 7) is 4.90. The summed E-state index contributed by atoms with van der Waals surface area (Å²) < 4.78 is 0. The molecule has 0 heterocycles. The molecular weight excluding hydrogens is 226 g/mol. The zero-order chi connectivity index (χ0) is 13.8. The standard InChI is InChI=1S/C14H23N3O/c1-14(2,15)13(18)17(4)11-10-16(3)12-8-6-5-7-9-12/h5-9H,10-11,15H2,1-4H3. The van der Waals surface area contributed by atoms with Gasteiger partial charge in [-0.2, -0.15) is 0 Å². The number of likely N-dealkylation sites (N-methyl/N-ethyl adjacent to an activating group) is 2. The molecule has 1 amide bonds. The molecule has 100 valence electrons. The third-order valence-electron chi connectivity index (χ3n) is 2.87. The lowest BCUT2D eigenvalue weighted by atomic mass is 10.1. The van der Waals surface area contributed by atoms with E-state index in [1.165, 1.54) is 0 Å². The molecule has 0 saturated heterocycles. The van der Waals surface area contributed by atoms with E-state index in [9.17, 15) is 4.79 Å². The van der Waals surface area contributed by atoms with E-state index < -0.39 is 5.54 Å². The van der Waals surface area contributed by atoms with Crippen LogP contribution >= 0.6 is 0 Å². The van der Waals surface area contributed by atoms with Gasteiger partial charge in [-0.3, -0.25) is 4.79 Å². The Balaban J connectivity index is 2.49. The molecule has 4 heteroatoms. The van der Waals surface area contributed by atoms with Crippen LogP contribution in [0.3, 0.4) is 0 Å². The van der Waals surface area contributed by atoms with E-state index >= 15 is 0 Å². The van der Waals surface area contributed by atoms with Gasteiger partial charge in [0.05, 0.1) is 5.54 Å². The Morgan fingerprint density at radius 2 is 1.72 bits per heavy atom. The molecule has 0 spiro atoms. The second-order valence-corrected chi connectivity index (χ2v) is 5.21. The minimum Gasteiger partial charge on any atom is -0.373 e. The molecule has 0 bridgehead atoms. The summed E-state index contributed by atoms with van der Waals surface area (Å²) in [6, 6.07) is 10.1. The molecule has 4 nitrogen and oxygen atoms in total. The lowest BCUT2D eigenvalue weighted by Gasteiger charge is -2.28. The minimum atomic E-state index is -0.805. The van der Waals surface area contributed by atoms with Crippen LogP contribution in [0.25, 0.3) is 0 Å². The first kappa shape index (κ1) is 14.5. The summed E-state index contributed by atoms with van der Waals surface area (Å²) in [5.74, 6) is -0.0380. The van der Waals surface area contributed by atoms with Crippen molar-refractivity contribution < 1.29 is 4.79 Å². The fourth-order valence-corrected chi connectivity index (χ4v) is 1.71. The number of nitrogens with two attached hydrogens (primary N) is 1. The number of benzene rings is 1. The van der Waals surface area contributed by atoms with Crippen LogP contribution in [0, 0.1) is 0 Å². The van der Waals surface area contributed by atoms with E-state index in [0.717, 1.165) is 12.2 Å². The summed E-state index contributed by atoms with van der Waals surface area (Å²) in [4.78, 5) is 15.7. The second kappa shape index (κ2) is 5.87. The fraction of sp³-hybridized carbons (Fsp3) is 0.500. The largest absolute Gasteiger partial charge is 0.373 e. The lowest BCUT2D eigenvalue weighted by Crippen LogP contribution is -2.51. The second-order valence-electron chi connectivity index (χ2n) is 5.21. The van der Waals surface area contributed by atoms with Crippen molar-refractivity contribution in [2.24, 2.45) is 5.73 Å². The van der Waals surface area contributed by atoms with E-state index in [-0.39, 0.29) is 5.91 Å². The highest BCUT2D eigenvalue weighted by Gasteiger charge is 2.25. The molecule has 0 aliphatic heterocycles. The Hall–Kier alpha value is -1.55. The van der Waals surface area contributed by atoms with Crippen LogP contribution in [0.5, 0.6) is 0 Å². The minimum absolute atomic E-state index is 0.0380. The highest BCUT2D eigenvalue weighted by molar-refractivity contribution is 5.84. The number of amides is 1. The van der Waals surface area contributed by atoms with Crippen LogP contribution in [0.2, 0.25) is 0 Å². The van der Waals surface area contributed by atoms with Crippen molar-refractivity contribution in [1.29, 1.82) is 0 Å². The van der Waals surface area contributed by atoms with Gasteiger partial charge in [0.25, 0.3) is 0 Å². The molecule has 0 aliphatic rings. The molecule has 2 N–H and O–H groups in total. The molecule has 0 aromatic heterocycles. The molecule has 0 fully saturated rings. The van der Waals surface area contributed by atoms with Gasteiger partial charge in [-0.05, 0) is 26.0 Å². The molecule has 0 atom stereocenters. The molecule has 0 unspecified atom stereocenters. The molecule has 18 heavy (non-hydrogen) atoms. The number of carbonyl (C=O) groups excluding carboxylic acids is 1. The zero-order valence-corrected chi connectivity index (χ0v) is 11.7. The highest BCUT2D eigenvalue weighted by Crippen LogP contribution is 2.10. The summed E-state index contributed by atoms with van der Waals surface area (Å²) in [5, 5.41) is 0. The molecule has 0 saturated carbocycles. The van der Waals surface area contributed by atoms with E-state index in [1.54, 1.807) is 25.8 Å². The lowest BCUT2D eigenvalue weighted by molar-refractivity contribution is -0.134. The van der Waals surface area contributed by atoms with Crippen molar-refractivity contribution >= 4 is 11.6 Å². The zero-order valence-electron chi connectivity index (χ0n) is 11.7. The van der Waals surface area contributed by atoms with Crippen LogP contribution in [0.15, 0.2) is 30.3 Å². The first-order valence-electron chi connectivity index (χ1n) is 6.13. The maximum absolute atomic E-state index is 11.9. The van der Waals surface area contributed by atoms with Crippen molar-refractivity contribution in [1.82, 2.24) is 4.90 Å². The predicted octanol–water partition coefficient (Wildman–Crippen LogP) is 1.32. The Bertz CT molecular complexity index is 384. The highest BCUT2D eigenvalue weighted by atomic mass is 16.2. The summed E-state index contributed by atoms with van der Waals surface area (Å²) in [5.41, 5.74) is 6.13. The topological polar surface area (TPSA) is 49.6 Å². The normalized spacial score (nSPS) is 11.2. The van der Waals surface area contributed by atoms with Gasteiger partial charge >= 0.3 is 0 Å². The van der Waals surface area contributed by atoms with Gasteiger partial charge in [0.15, 0.2) is 0 Å². The van der Waals surface area contributed by atoms with Crippen molar-refractivity contribution in [2.45, 2.75) is 19.4 Å². The quantitative estimate of drug-likeness (QED) is 0.856. The fourth-order valence-electron chi connectivity index (χ4n) is 1.71. The van der Waals surface area contributed by atoms with E-state index in [1.807, 2.05) is 25.2 Å². The number of rotatable bonds is 5. The van der Waals surface area contributed by atoms with Gasteiger partial charge in [-0.25, -0.2) is 0 Å². The smallest absolute Gasteiger partial charge is 0.241 e. The van der Waals surface area contributed by atoms with Gasteiger partial charge < -0.3 is 15.5 Å². The van der Waals surface area contributed by atoms with E-state index in [2.05, 4.69) is 17.0 Å². The summed E-state index contributed by atoms with van der Waals surface area (Å²) >= 11 is 0. The SMILES string of the molecule is CN(CCN(C)c1ccccc1)C(=O)C(C)(C)N. The van der Waals surface area contributed by atoms with Crippen molar-refractivity contribution in [3.05, 3.63) is 30.3 Å². The molecule has 0 aliphatic carbocycles. The maximum Gasteiger partial charge on any atom is 0.241 e. The Labute approximate surface area is 109 Å². The molecule has 1 rings (SSSR count). The maximum atomic E-state index is 11.9. The van der Waals surface area contributed by atoms with Gasteiger partial charge in [-0.15, -0.1) is 0 Å². The van der Waals surface area contributed by atoms with Crippen LogP contribution < -0.4 is 10.6 Å². The van der Waals surface area contributed by atoms with Crippen molar-refractivity contribution in [2.75, 3.05) is 32.1 Å². The van der Waals surface area contributed by atoms with E-state index in [0.29, 0.717) is 6.54 Å². The van der Waals surface area contributed by atoms with Gasteiger partial charge in [0.1, 0.15) is 0 Å². The predicted molar refractivity (Wildman–Crippen MR) is 75.6 cm³/mol. The molecule has 0 radical (unpaired) electrons. The number of hydrogen-bond donors (Lipinski definition) is 1. The molecule has 1 aromatic rings. The Morgan fingerprint density at radius 1 is 1.17 bits per heavy atom. The van der Waals surface area contributed by atoms with Crippen LogP contribution in [-0.2, 0) is 4.79 Å². The van der Waals surface area contributed by atoms with Crippen LogP contribution in [-0.4, -0.2) is 43.5 Å². The Kier molecular flexibility index (Phi) is 4.73. The van der Waals surface area contributed by atoms with Gasteiger partial charge in [0, 0.05) is 32.9 Å². The number of carbonyl (C=O) groups is 1. The van der Waals surface area contributed by atoms with Crippen LogP contribution in [0.1, 0.15) is 13.8 Å². The third-order valence-corrected chi connectivity index (χ3v) is 2.87. The van der Waals surface area contributed by atoms with Gasteiger partial charge in [0.2, 0.25) is 5.91 Å². The summed E-state index contributed by atoms with van der Waals surface area (Å²) in [7, 11) is 3.80. The average molecular weight is 249 g/mol. The number of nitrogens with zero attached hydrogens (tertiary/aromatic N) is 2. The Morgan fingerprint density at radius 3 is 2.22 bits per heavy atom. The molecule has 1 aromatic carbocycles. The van der Waals surface area contributed by atoms with Gasteiger partial charge in [-0.1, -0.05) is 18.2 Å². The average Bonchev–Trinajstić information content (AvgIpc) is 2.34. The first-order valence-corrected chi connectivity index (χ1v) is 6.13. The molecular formula is C14H23N3O. The number of hydrogen-bond acceptors (Lipinski definition) is 3. The number of para-hydroxylation sites is 1. The number of anilines is 1. The summed E-state index contributed by atoms with van der Waals surface area (Å²) in [6.07, 6.45) is 0. The van der Waals surface area contributed by atoms with Crippen molar-refractivity contribution in [3.8, 4) is 0 Å². The van der Waals surface area contributed by atoms with Crippen molar-refractivity contribution in [3.63, 3.8) is 0 Å².